The third-order valence-electron chi connectivity index (χ3n) is 10.6. The van der Waals surface area contributed by atoms with Crippen molar-refractivity contribution in [1.82, 2.24) is 34.4 Å². The molecular weight excluding hydrogens is 606 g/mol. The monoisotopic (exact) mass is 653 g/mol. The summed E-state index contributed by atoms with van der Waals surface area (Å²) in [5.41, 5.74) is 5.91. The topological polar surface area (TPSA) is 118 Å². The maximum absolute atomic E-state index is 12.8. The van der Waals surface area contributed by atoms with E-state index < -0.39 is 17.3 Å². The molecule has 6 heterocycles. The molecule has 1 saturated heterocycles. The van der Waals surface area contributed by atoms with E-state index in [1.54, 1.807) is 13.8 Å². The van der Waals surface area contributed by atoms with Gasteiger partial charge >= 0.3 is 5.97 Å². The zero-order chi connectivity index (χ0) is 33.8. The summed E-state index contributed by atoms with van der Waals surface area (Å²) in [6.07, 6.45) is 6.42. The van der Waals surface area contributed by atoms with Crippen LogP contribution in [0.4, 0.5) is 0 Å². The summed E-state index contributed by atoms with van der Waals surface area (Å²) < 4.78 is 14.7. The number of rotatable bonds is 10. The van der Waals surface area contributed by atoms with Crippen LogP contribution in [0.2, 0.25) is 0 Å². The van der Waals surface area contributed by atoms with Crippen molar-refractivity contribution in [3.63, 3.8) is 0 Å². The second kappa shape index (κ2) is 12.4. The molecule has 4 aromatic heterocycles. The summed E-state index contributed by atoms with van der Waals surface area (Å²) in [6.45, 7) is 17.5. The van der Waals surface area contributed by atoms with Gasteiger partial charge in [0.05, 0.1) is 11.1 Å². The average molecular weight is 654 g/mol. The number of carboxylic acids is 1. The van der Waals surface area contributed by atoms with E-state index in [1.807, 2.05) is 36.6 Å². The molecule has 0 radical (unpaired) electrons. The minimum absolute atomic E-state index is 0.261. The van der Waals surface area contributed by atoms with Crippen molar-refractivity contribution in [2.45, 2.75) is 91.8 Å². The van der Waals surface area contributed by atoms with Crippen LogP contribution in [0.3, 0.4) is 0 Å². The van der Waals surface area contributed by atoms with E-state index in [1.165, 1.54) is 12.8 Å². The Kier molecular flexibility index (Phi) is 8.40. The molecular formula is C37H47N7O4. The Hall–Kier alpha value is -4.09. The number of fused-ring (bicyclic) bond motifs is 2. The Morgan fingerprint density at radius 3 is 2.54 bits per heavy atom. The molecule has 1 saturated carbocycles. The molecule has 1 atom stereocenters. The molecule has 7 rings (SSSR count). The van der Waals surface area contributed by atoms with Gasteiger partial charge in [-0.3, -0.25) is 24.0 Å². The third kappa shape index (κ3) is 6.14. The highest BCUT2D eigenvalue weighted by Gasteiger charge is 2.49. The Balaban J connectivity index is 1.17. The van der Waals surface area contributed by atoms with Gasteiger partial charge in [-0.1, -0.05) is 6.07 Å². The number of nitrogens with zero attached hydrogens (tertiary/aromatic N) is 7. The van der Waals surface area contributed by atoms with Gasteiger partial charge in [0.1, 0.15) is 18.0 Å². The first-order valence-corrected chi connectivity index (χ1v) is 17.2. The highest BCUT2D eigenvalue weighted by Crippen LogP contribution is 2.46. The number of carbonyl (C=O) groups is 1. The van der Waals surface area contributed by atoms with Gasteiger partial charge in [0.2, 0.25) is 11.8 Å². The lowest BCUT2D eigenvalue weighted by Gasteiger charge is -2.32. The molecule has 0 unspecified atom stereocenters. The Morgan fingerprint density at radius 1 is 1.04 bits per heavy atom. The fourth-order valence-corrected chi connectivity index (χ4v) is 7.40. The largest absolute Gasteiger partial charge is 0.481 e. The van der Waals surface area contributed by atoms with Gasteiger partial charge in [-0.15, -0.1) is 10.2 Å². The molecule has 1 aliphatic carbocycles. The van der Waals surface area contributed by atoms with Gasteiger partial charge in [-0.2, -0.15) is 4.98 Å². The first-order valence-electron chi connectivity index (χ1n) is 17.2. The van der Waals surface area contributed by atoms with Crippen molar-refractivity contribution >= 4 is 11.6 Å². The van der Waals surface area contributed by atoms with E-state index in [4.69, 9.17) is 19.4 Å². The molecule has 0 amide bonds. The van der Waals surface area contributed by atoms with E-state index in [0.717, 1.165) is 89.7 Å². The van der Waals surface area contributed by atoms with Crippen LogP contribution >= 0.6 is 0 Å². The predicted octanol–water partition coefficient (Wildman–Crippen LogP) is 5.40. The van der Waals surface area contributed by atoms with E-state index in [2.05, 4.69) is 46.0 Å². The lowest BCUT2D eigenvalue weighted by molar-refractivity contribution is -0.147. The number of ether oxygens (including phenoxy) is 2. The molecule has 0 aromatic carbocycles. The standard InChI is InChI=1S/C37H47N7O4/c1-23-9-10-29(31(36(5,6)35(45)46)28-11-16-44-26(4)40-41-32(44)25(28)3)38-30(23)21-43-20-27-19-24(2)33(47-18-17-42-14-7-8-15-42)39-34(27)48-37(22-43)12-13-37/h9-11,16,19,31H,7-8,12-15,17-18,20-22H2,1-6H3,(H,45,46)/t31-/m1/s1. The van der Waals surface area contributed by atoms with Gasteiger partial charge in [-0.25, -0.2) is 0 Å². The minimum Gasteiger partial charge on any atom is -0.481 e. The van der Waals surface area contributed by atoms with Crippen molar-refractivity contribution in [3.8, 4) is 11.8 Å². The zero-order valence-electron chi connectivity index (χ0n) is 29.0. The van der Waals surface area contributed by atoms with Crippen molar-refractivity contribution in [2.75, 3.05) is 32.8 Å². The predicted molar refractivity (Wildman–Crippen MR) is 182 cm³/mol. The first kappa shape index (κ1) is 32.5. The second-order valence-corrected chi connectivity index (χ2v) is 14.7. The van der Waals surface area contributed by atoms with Crippen molar-refractivity contribution in [3.05, 3.63) is 75.5 Å². The van der Waals surface area contributed by atoms with Crippen LogP contribution in [-0.2, 0) is 17.9 Å². The Labute approximate surface area is 282 Å². The van der Waals surface area contributed by atoms with Crippen LogP contribution < -0.4 is 9.47 Å². The molecule has 2 aliphatic heterocycles. The van der Waals surface area contributed by atoms with Gasteiger partial charge in [0, 0.05) is 55.1 Å². The fraction of sp³-hybridized carbons (Fsp3) is 0.541. The fourth-order valence-electron chi connectivity index (χ4n) is 7.40. The van der Waals surface area contributed by atoms with Crippen LogP contribution in [0.5, 0.6) is 11.8 Å². The van der Waals surface area contributed by atoms with Crippen molar-refractivity contribution in [1.29, 1.82) is 0 Å². The third-order valence-corrected chi connectivity index (χ3v) is 10.6. The number of aliphatic carboxylic acids is 1. The van der Waals surface area contributed by atoms with Gasteiger partial charge in [0.15, 0.2) is 5.65 Å². The van der Waals surface area contributed by atoms with Gasteiger partial charge < -0.3 is 14.6 Å². The molecule has 4 aromatic rings. The van der Waals surface area contributed by atoms with Crippen LogP contribution in [0.15, 0.2) is 30.5 Å². The number of hydrogen-bond acceptors (Lipinski definition) is 9. The van der Waals surface area contributed by atoms with E-state index >= 15 is 0 Å². The molecule has 0 bridgehead atoms. The summed E-state index contributed by atoms with van der Waals surface area (Å²) in [7, 11) is 0. The van der Waals surface area contributed by atoms with E-state index in [0.29, 0.717) is 31.5 Å². The lowest BCUT2D eigenvalue weighted by Crippen LogP contribution is -2.35. The molecule has 1 spiro atoms. The van der Waals surface area contributed by atoms with E-state index in [-0.39, 0.29) is 5.60 Å². The molecule has 254 valence electrons. The van der Waals surface area contributed by atoms with Crippen LogP contribution in [0.1, 0.15) is 90.5 Å². The number of aryl methyl sites for hydroxylation is 4. The number of hydrogen-bond donors (Lipinski definition) is 1. The zero-order valence-corrected chi connectivity index (χ0v) is 29.0. The number of aromatic nitrogens is 5. The van der Waals surface area contributed by atoms with Crippen molar-refractivity contribution < 1.29 is 19.4 Å². The molecule has 2 fully saturated rings. The van der Waals surface area contributed by atoms with Gasteiger partial charge in [0.25, 0.3) is 0 Å². The minimum atomic E-state index is -1.14. The summed E-state index contributed by atoms with van der Waals surface area (Å²) in [6, 6.07) is 8.21. The summed E-state index contributed by atoms with van der Waals surface area (Å²) in [5, 5.41) is 19.1. The maximum atomic E-state index is 12.8. The number of carboxylic acid groups (broad SMARTS) is 1. The molecule has 48 heavy (non-hydrogen) atoms. The molecule has 3 aliphatic rings. The summed E-state index contributed by atoms with van der Waals surface area (Å²) in [4.78, 5) is 27.8. The first-order chi connectivity index (χ1) is 22.9. The van der Waals surface area contributed by atoms with Crippen LogP contribution in [0, 0.1) is 33.1 Å². The highest BCUT2D eigenvalue weighted by atomic mass is 16.5. The lowest BCUT2D eigenvalue weighted by atomic mass is 9.72. The van der Waals surface area contributed by atoms with Crippen LogP contribution in [0.25, 0.3) is 5.65 Å². The van der Waals surface area contributed by atoms with Crippen molar-refractivity contribution in [2.24, 2.45) is 5.41 Å². The van der Waals surface area contributed by atoms with Crippen LogP contribution in [-0.4, -0.2) is 83.8 Å². The average Bonchev–Trinajstić information content (AvgIpc) is 3.42. The normalized spacial score (nSPS) is 18.5. The second-order valence-electron chi connectivity index (χ2n) is 14.7. The molecule has 1 N–H and O–H groups in total. The quantitative estimate of drug-likeness (QED) is 0.239. The smallest absolute Gasteiger partial charge is 0.310 e. The van der Waals surface area contributed by atoms with E-state index in [9.17, 15) is 9.90 Å². The van der Waals surface area contributed by atoms with Gasteiger partial charge in [-0.05, 0) is 115 Å². The number of likely N-dealkylation sites (tertiary alicyclic amines) is 1. The number of pyridine rings is 3. The SMILES string of the molecule is Cc1ccc([C@@H](c2ccn3c(C)nnc3c2C)C(C)(C)C(=O)O)nc1CN1Cc2cc(C)c(OCCN3CCCC3)nc2OC2(CC2)C1. The summed E-state index contributed by atoms with van der Waals surface area (Å²) in [5.74, 6) is 0.729. The molecule has 11 heteroatoms. The highest BCUT2D eigenvalue weighted by molar-refractivity contribution is 5.76. The maximum Gasteiger partial charge on any atom is 0.310 e. The Bertz CT molecular complexity index is 1860. The molecule has 11 nitrogen and oxygen atoms in total. The summed E-state index contributed by atoms with van der Waals surface area (Å²) >= 11 is 0. The Morgan fingerprint density at radius 2 is 1.81 bits per heavy atom.